The summed E-state index contributed by atoms with van der Waals surface area (Å²) in [6, 6.07) is 42.5. The van der Waals surface area contributed by atoms with Crippen molar-refractivity contribution in [3.63, 3.8) is 0 Å². The second-order valence-corrected chi connectivity index (χ2v) is 8.28. The van der Waals surface area contributed by atoms with E-state index in [1.807, 2.05) is 6.07 Å². The first-order chi connectivity index (χ1) is 15.7. The fraction of sp³-hybridized carbons (Fsp3) is 0.200. The number of hydrogen-bond acceptors (Lipinski definition) is 2. The van der Waals surface area contributed by atoms with Crippen LogP contribution < -0.4 is 5.32 Å². The summed E-state index contributed by atoms with van der Waals surface area (Å²) in [4.78, 5) is 0. The maximum atomic E-state index is 6.28. The first kappa shape index (κ1) is 22.0. The fourth-order valence-electron chi connectivity index (χ4n) is 4.22. The number of benzene rings is 4. The van der Waals surface area contributed by atoms with Gasteiger partial charge < -0.3 is 4.74 Å². The maximum absolute atomic E-state index is 6.28. The minimum absolute atomic E-state index is 0.0192. The molecule has 1 N–H and O–H groups in total. The molecule has 2 atom stereocenters. The molecular formula is C30H31NO. The molecule has 0 radical (unpaired) electrons. The van der Waals surface area contributed by atoms with Gasteiger partial charge in [0, 0.05) is 6.04 Å². The Bertz CT molecular complexity index is 968. The molecular weight excluding hydrogens is 390 g/mol. The molecule has 0 spiro atoms. The smallest absolute Gasteiger partial charge is 0.0950 e. The molecule has 0 aliphatic rings. The number of ether oxygens (including phenoxy) is 1. The second-order valence-electron chi connectivity index (χ2n) is 8.28. The Balaban J connectivity index is 1.70. The summed E-state index contributed by atoms with van der Waals surface area (Å²) in [5.41, 5.74) is 4.32. The molecule has 4 rings (SSSR count). The third kappa shape index (κ3) is 4.83. The Hall–Kier alpha value is -3.20. The van der Waals surface area contributed by atoms with Crippen LogP contribution in [0.5, 0.6) is 0 Å². The van der Waals surface area contributed by atoms with E-state index in [4.69, 9.17) is 4.74 Å². The zero-order valence-electron chi connectivity index (χ0n) is 18.8. The topological polar surface area (TPSA) is 21.3 Å². The van der Waals surface area contributed by atoms with Gasteiger partial charge in [0.1, 0.15) is 0 Å². The fourth-order valence-corrected chi connectivity index (χ4v) is 4.22. The zero-order valence-corrected chi connectivity index (χ0v) is 18.8. The quantitative estimate of drug-likeness (QED) is 0.309. The molecule has 0 heterocycles. The van der Waals surface area contributed by atoms with E-state index in [2.05, 4.69) is 134 Å². The van der Waals surface area contributed by atoms with Crippen molar-refractivity contribution in [1.29, 1.82) is 0 Å². The van der Waals surface area contributed by atoms with Crippen LogP contribution in [-0.4, -0.2) is 12.1 Å². The summed E-state index contributed by atoms with van der Waals surface area (Å²) < 4.78 is 6.28. The molecule has 0 aliphatic heterocycles. The molecule has 32 heavy (non-hydrogen) atoms. The van der Waals surface area contributed by atoms with Crippen molar-refractivity contribution in [2.45, 2.75) is 38.1 Å². The molecule has 4 aromatic rings. The molecule has 4 aromatic carbocycles. The molecule has 162 valence electrons. The molecule has 0 bridgehead atoms. The standard InChI is InChI=1S/C30H31NO/c1-24(25(2)32-23-26-15-7-3-8-16-26)31-30(27-17-9-4-10-18-27,28-19-11-5-12-20-28)29-21-13-6-14-22-29/h3-22,24-25,31H,23H2,1-2H3/t24-,25-/m1/s1. The molecule has 2 heteroatoms. The van der Waals surface area contributed by atoms with Gasteiger partial charge in [-0.3, -0.25) is 5.32 Å². The first-order valence-electron chi connectivity index (χ1n) is 11.3. The van der Waals surface area contributed by atoms with Crippen molar-refractivity contribution in [1.82, 2.24) is 5.32 Å². The van der Waals surface area contributed by atoms with Gasteiger partial charge in [-0.1, -0.05) is 121 Å². The predicted octanol–water partition coefficient (Wildman–Crippen LogP) is 6.56. The molecule has 0 saturated heterocycles. The van der Waals surface area contributed by atoms with Crippen LogP contribution in [0, 0.1) is 0 Å². The van der Waals surface area contributed by atoms with Gasteiger partial charge >= 0.3 is 0 Å². The summed E-state index contributed by atoms with van der Waals surface area (Å²) in [5.74, 6) is 0. The van der Waals surface area contributed by atoms with Crippen molar-refractivity contribution in [2.24, 2.45) is 0 Å². The number of nitrogens with one attached hydrogen (secondary N) is 1. The molecule has 2 nitrogen and oxygen atoms in total. The van der Waals surface area contributed by atoms with E-state index in [0.29, 0.717) is 6.61 Å². The molecule has 0 amide bonds. The maximum Gasteiger partial charge on any atom is 0.0950 e. The Morgan fingerprint density at radius 3 is 1.38 bits per heavy atom. The summed E-state index contributed by atoms with van der Waals surface area (Å²) in [6.45, 7) is 4.95. The van der Waals surface area contributed by atoms with Gasteiger partial charge in [-0.15, -0.1) is 0 Å². The van der Waals surface area contributed by atoms with E-state index >= 15 is 0 Å². The lowest BCUT2D eigenvalue weighted by atomic mass is 9.76. The predicted molar refractivity (Wildman–Crippen MR) is 132 cm³/mol. The van der Waals surface area contributed by atoms with E-state index in [-0.39, 0.29) is 12.1 Å². The summed E-state index contributed by atoms with van der Waals surface area (Å²) >= 11 is 0. The van der Waals surface area contributed by atoms with Crippen LogP contribution in [0.15, 0.2) is 121 Å². The van der Waals surface area contributed by atoms with E-state index in [9.17, 15) is 0 Å². The van der Waals surface area contributed by atoms with Crippen molar-refractivity contribution >= 4 is 0 Å². The average molecular weight is 422 g/mol. The van der Waals surface area contributed by atoms with Crippen molar-refractivity contribution in [3.05, 3.63) is 144 Å². The number of hydrogen-bond donors (Lipinski definition) is 1. The van der Waals surface area contributed by atoms with E-state index in [1.54, 1.807) is 0 Å². The SMILES string of the molecule is C[C@@H](NC(c1ccccc1)(c1ccccc1)c1ccccc1)[C@@H](C)OCc1ccccc1. The van der Waals surface area contributed by atoms with Crippen LogP contribution in [0.2, 0.25) is 0 Å². The van der Waals surface area contributed by atoms with E-state index in [0.717, 1.165) is 0 Å². The average Bonchev–Trinajstić information content (AvgIpc) is 2.88. The molecule has 0 aromatic heterocycles. The minimum Gasteiger partial charge on any atom is -0.372 e. The van der Waals surface area contributed by atoms with Crippen LogP contribution in [-0.2, 0) is 16.9 Å². The second kappa shape index (κ2) is 10.4. The zero-order chi connectivity index (χ0) is 22.2. The monoisotopic (exact) mass is 421 g/mol. The summed E-state index contributed by atoms with van der Waals surface area (Å²) in [6.07, 6.45) is 0.0192. The molecule has 0 aliphatic carbocycles. The van der Waals surface area contributed by atoms with Gasteiger partial charge in [-0.2, -0.15) is 0 Å². The van der Waals surface area contributed by atoms with Gasteiger partial charge in [0.15, 0.2) is 0 Å². The Labute approximate surface area is 191 Å². The van der Waals surface area contributed by atoms with Crippen molar-refractivity contribution in [3.8, 4) is 0 Å². The molecule has 0 saturated carbocycles. The lowest BCUT2D eigenvalue weighted by molar-refractivity contribution is 0.0264. The third-order valence-electron chi connectivity index (χ3n) is 6.12. The van der Waals surface area contributed by atoms with Crippen molar-refractivity contribution < 1.29 is 4.74 Å². The Morgan fingerprint density at radius 2 is 0.969 bits per heavy atom. The van der Waals surface area contributed by atoms with Crippen LogP contribution in [0.25, 0.3) is 0 Å². The lowest BCUT2D eigenvalue weighted by Crippen LogP contribution is -2.52. The Morgan fingerprint density at radius 1 is 0.594 bits per heavy atom. The highest BCUT2D eigenvalue weighted by atomic mass is 16.5. The number of rotatable bonds is 9. The van der Waals surface area contributed by atoms with Gasteiger partial charge in [-0.25, -0.2) is 0 Å². The summed E-state index contributed by atoms with van der Waals surface area (Å²) in [7, 11) is 0. The van der Waals surface area contributed by atoms with E-state index < -0.39 is 5.54 Å². The van der Waals surface area contributed by atoms with Crippen LogP contribution in [0.3, 0.4) is 0 Å². The molecule has 0 fully saturated rings. The van der Waals surface area contributed by atoms with Gasteiger partial charge in [0.05, 0.1) is 18.2 Å². The molecule has 0 unspecified atom stereocenters. The highest BCUT2D eigenvalue weighted by Gasteiger charge is 2.38. The van der Waals surface area contributed by atoms with Gasteiger partial charge in [-0.05, 0) is 36.1 Å². The highest BCUT2D eigenvalue weighted by Crippen LogP contribution is 2.37. The van der Waals surface area contributed by atoms with Crippen LogP contribution >= 0.6 is 0 Å². The van der Waals surface area contributed by atoms with Crippen molar-refractivity contribution in [2.75, 3.05) is 0 Å². The van der Waals surface area contributed by atoms with Gasteiger partial charge in [0.25, 0.3) is 0 Å². The lowest BCUT2D eigenvalue weighted by Gasteiger charge is -2.40. The Kier molecular flexibility index (Phi) is 7.16. The van der Waals surface area contributed by atoms with E-state index in [1.165, 1.54) is 22.3 Å². The largest absolute Gasteiger partial charge is 0.372 e. The van der Waals surface area contributed by atoms with Crippen LogP contribution in [0.1, 0.15) is 36.1 Å². The van der Waals surface area contributed by atoms with Crippen LogP contribution in [0.4, 0.5) is 0 Å². The minimum atomic E-state index is -0.492. The third-order valence-corrected chi connectivity index (χ3v) is 6.12. The highest BCUT2D eigenvalue weighted by molar-refractivity contribution is 5.49. The first-order valence-corrected chi connectivity index (χ1v) is 11.3. The van der Waals surface area contributed by atoms with Gasteiger partial charge in [0.2, 0.25) is 0 Å². The summed E-state index contributed by atoms with van der Waals surface area (Å²) in [5, 5.41) is 3.99. The normalized spacial score (nSPS) is 13.4.